The predicted molar refractivity (Wildman–Crippen MR) is 60.8 cm³/mol. The Balaban J connectivity index is 2.10. The lowest BCUT2D eigenvalue weighted by molar-refractivity contribution is -0.132. The fraction of sp³-hybridized carbons (Fsp3) is 0.750. The minimum absolute atomic E-state index is 0.135. The first kappa shape index (κ1) is 11.9. The highest BCUT2D eigenvalue weighted by Crippen LogP contribution is 2.36. The molecule has 1 heterocycles. The Labute approximate surface area is 101 Å². The molecule has 0 aromatic rings. The molecule has 5 nitrogen and oxygen atoms in total. The van der Waals surface area contributed by atoms with Crippen LogP contribution in [0, 0.1) is 17.2 Å². The van der Waals surface area contributed by atoms with E-state index < -0.39 is 5.54 Å². The monoisotopic (exact) mass is 235 g/mol. The lowest BCUT2D eigenvalue weighted by atomic mass is 9.77. The maximum Gasteiger partial charge on any atom is 0.325 e. The van der Waals surface area contributed by atoms with Crippen LogP contribution < -0.4 is 5.32 Å². The predicted octanol–water partition coefficient (Wildman–Crippen LogP) is 1.40. The van der Waals surface area contributed by atoms with E-state index in [4.69, 9.17) is 5.26 Å². The minimum atomic E-state index is -0.668. The zero-order valence-electron chi connectivity index (χ0n) is 10.0. The molecule has 1 aliphatic heterocycles. The number of nitrogens with zero attached hydrogens (tertiary/aromatic N) is 2. The van der Waals surface area contributed by atoms with Crippen LogP contribution in [-0.2, 0) is 4.79 Å². The number of amides is 3. The summed E-state index contributed by atoms with van der Waals surface area (Å²) in [5.41, 5.74) is -0.668. The molecule has 0 aromatic carbocycles. The van der Waals surface area contributed by atoms with Crippen LogP contribution in [0.1, 0.15) is 39.0 Å². The van der Waals surface area contributed by atoms with Gasteiger partial charge in [-0.2, -0.15) is 5.26 Å². The summed E-state index contributed by atoms with van der Waals surface area (Å²) in [7, 11) is 0. The minimum Gasteiger partial charge on any atom is -0.323 e. The first-order chi connectivity index (χ1) is 8.09. The largest absolute Gasteiger partial charge is 0.325 e. The van der Waals surface area contributed by atoms with Gasteiger partial charge in [-0.1, -0.05) is 6.92 Å². The number of carbonyl (C=O) groups excluding carboxylic acids is 2. The molecule has 2 fully saturated rings. The zero-order chi connectivity index (χ0) is 12.5. The Morgan fingerprint density at radius 3 is 2.71 bits per heavy atom. The molecule has 92 valence electrons. The molecule has 0 atom stereocenters. The van der Waals surface area contributed by atoms with E-state index in [1.807, 2.05) is 6.07 Å². The highest BCUT2D eigenvalue weighted by Gasteiger charge is 2.51. The molecular formula is C12H17N3O2. The van der Waals surface area contributed by atoms with E-state index in [2.05, 4.69) is 12.2 Å². The average molecular weight is 235 g/mol. The summed E-state index contributed by atoms with van der Waals surface area (Å²) in [6.45, 7) is 2.38. The summed E-state index contributed by atoms with van der Waals surface area (Å²) in [5.74, 6) is 0.489. The zero-order valence-corrected chi connectivity index (χ0v) is 10.0. The Bertz CT molecular complexity index is 378. The third-order valence-electron chi connectivity index (χ3n) is 3.82. The molecule has 5 heteroatoms. The lowest BCUT2D eigenvalue weighted by Crippen LogP contribution is -2.49. The molecule has 1 N–H and O–H groups in total. The highest BCUT2D eigenvalue weighted by molar-refractivity contribution is 6.07. The van der Waals surface area contributed by atoms with Crippen molar-refractivity contribution < 1.29 is 9.59 Å². The second-order valence-corrected chi connectivity index (χ2v) is 5.06. The summed E-state index contributed by atoms with van der Waals surface area (Å²) in [6, 6.07) is 1.63. The van der Waals surface area contributed by atoms with Crippen molar-refractivity contribution in [2.24, 2.45) is 5.92 Å². The van der Waals surface area contributed by atoms with Gasteiger partial charge in [0.1, 0.15) is 5.54 Å². The molecule has 1 spiro atoms. The molecule has 0 bridgehead atoms. The smallest absolute Gasteiger partial charge is 0.323 e. The quantitative estimate of drug-likeness (QED) is 0.735. The van der Waals surface area contributed by atoms with E-state index in [9.17, 15) is 9.59 Å². The third kappa shape index (κ3) is 1.99. The molecule has 1 saturated carbocycles. The number of nitrogens with one attached hydrogen (secondary N) is 1. The van der Waals surface area contributed by atoms with Crippen molar-refractivity contribution in [1.82, 2.24) is 10.2 Å². The van der Waals surface area contributed by atoms with Crippen molar-refractivity contribution in [2.75, 3.05) is 6.54 Å². The second-order valence-electron chi connectivity index (χ2n) is 5.06. The van der Waals surface area contributed by atoms with Crippen molar-refractivity contribution in [1.29, 1.82) is 5.26 Å². The SMILES string of the molecule is CC1CCC2(CC1)NC(=O)N(CCC#N)C2=O. The van der Waals surface area contributed by atoms with Crippen LogP contribution in [0.4, 0.5) is 4.79 Å². The van der Waals surface area contributed by atoms with Gasteiger partial charge in [-0.15, -0.1) is 0 Å². The van der Waals surface area contributed by atoms with Crippen LogP contribution in [0.25, 0.3) is 0 Å². The molecule has 0 aromatic heterocycles. The Hall–Kier alpha value is -1.57. The summed E-state index contributed by atoms with van der Waals surface area (Å²) in [5, 5.41) is 11.3. The standard InChI is InChI=1S/C12H17N3O2/c1-9-3-5-12(6-4-9)10(16)15(8-2-7-13)11(17)14-12/h9H,2-6,8H2,1H3,(H,14,17). The van der Waals surface area contributed by atoms with E-state index in [-0.39, 0.29) is 24.9 Å². The molecule has 2 rings (SSSR count). The van der Waals surface area contributed by atoms with Crippen molar-refractivity contribution >= 4 is 11.9 Å². The Morgan fingerprint density at radius 2 is 2.12 bits per heavy atom. The van der Waals surface area contributed by atoms with Gasteiger partial charge < -0.3 is 5.32 Å². The number of urea groups is 1. The van der Waals surface area contributed by atoms with E-state index in [1.54, 1.807) is 0 Å². The number of imide groups is 1. The summed E-state index contributed by atoms with van der Waals surface area (Å²) in [4.78, 5) is 25.2. The van der Waals surface area contributed by atoms with Gasteiger partial charge >= 0.3 is 6.03 Å². The Kier molecular flexibility index (Phi) is 3.05. The molecule has 1 saturated heterocycles. The fourth-order valence-electron chi connectivity index (χ4n) is 2.63. The number of carbonyl (C=O) groups is 2. The van der Waals surface area contributed by atoms with E-state index in [0.29, 0.717) is 5.92 Å². The highest BCUT2D eigenvalue weighted by atomic mass is 16.2. The number of hydrogen-bond acceptors (Lipinski definition) is 3. The van der Waals surface area contributed by atoms with Crippen LogP contribution in [0.5, 0.6) is 0 Å². The van der Waals surface area contributed by atoms with Crippen molar-refractivity contribution in [3.8, 4) is 6.07 Å². The number of nitriles is 1. The lowest BCUT2D eigenvalue weighted by Gasteiger charge is -2.33. The van der Waals surface area contributed by atoms with Gasteiger partial charge in [-0.3, -0.25) is 9.69 Å². The van der Waals surface area contributed by atoms with Gasteiger partial charge in [-0.25, -0.2) is 4.79 Å². The van der Waals surface area contributed by atoms with Crippen molar-refractivity contribution in [2.45, 2.75) is 44.6 Å². The van der Waals surface area contributed by atoms with Gasteiger partial charge in [0.2, 0.25) is 0 Å². The van der Waals surface area contributed by atoms with Gasteiger partial charge in [0.25, 0.3) is 5.91 Å². The molecule has 17 heavy (non-hydrogen) atoms. The normalized spacial score (nSPS) is 32.7. The Morgan fingerprint density at radius 1 is 1.47 bits per heavy atom. The molecule has 0 unspecified atom stereocenters. The first-order valence-electron chi connectivity index (χ1n) is 6.10. The topological polar surface area (TPSA) is 73.2 Å². The van der Waals surface area contributed by atoms with Gasteiger partial charge in [0, 0.05) is 6.54 Å². The van der Waals surface area contributed by atoms with Gasteiger partial charge in [-0.05, 0) is 31.6 Å². The van der Waals surface area contributed by atoms with Crippen molar-refractivity contribution in [3.05, 3.63) is 0 Å². The van der Waals surface area contributed by atoms with Crippen LogP contribution in [0.3, 0.4) is 0 Å². The third-order valence-corrected chi connectivity index (χ3v) is 3.82. The van der Waals surface area contributed by atoms with Gasteiger partial charge in [0.15, 0.2) is 0 Å². The maximum atomic E-state index is 12.2. The van der Waals surface area contributed by atoms with Crippen LogP contribution >= 0.6 is 0 Å². The average Bonchev–Trinajstić information content (AvgIpc) is 2.54. The molecular weight excluding hydrogens is 218 g/mol. The number of rotatable bonds is 2. The van der Waals surface area contributed by atoms with Crippen molar-refractivity contribution in [3.63, 3.8) is 0 Å². The molecule has 2 aliphatic rings. The summed E-state index contributed by atoms with van der Waals surface area (Å²) >= 11 is 0. The maximum absolute atomic E-state index is 12.2. The first-order valence-corrected chi connectivity index (χ1v) is 6.10. The van der Waals surface area contributed by atoms with Gasteiger partial charge in [0.05, 0.1) is 12.5 Å². The number of hydrogen-bond donors (Lipinski definition) is 1. The van der Waals surface area contributed by atoms with E-state index in [1.165, 1.54) is 4.90 Å². The van der Waals surface area contributed by atoms with E-state index >= 15 is 0 Å². The van der Waals surface area contributed by atoms with E-state index in [0.717, 1.165) is 25.7 Å². The van der Waals surface area contributed by atoms with Crippen LogP contribution in [-0.4, -0.2) is 28.9 Å². The summed E-state index contributed by atoms with van der Waals surface area (Å²) < 4.78 is 0. The van der Waals surface area contributed by atoms with Crippen LogP contribution in [0.2, 0.25) is 0 Å². The fourth-order valence-corrected chi connectivity index (χ4v) is 2.63. The summed E-state index contributed by atoms with van der Waals surface area (Å²) in [6.07, 6.45) is 3.59. The molecule has 1 aliphatic carbocycles. The molecule has 3 amide bonds. The molecule has 0 radical (unpaired) electrons. The second kappa shape index (κ2) is 4.36. The van der Waals surface area contributed by atoms with Crippen LogP contribution in [0.15, 0.2) is 0 Å².